The first-order chi connectivity index (χ1) is 10.7. The van der Waals surface area contributed by atoms with Crippen molar-refractivity contribution < 1.29 is 19.4 Å². The van der Waals surface area contributed by atoms with E-state index < -0.39 is 0 Å². The maximum atomic E-state index is 8.50. The lowest BCUT2D eigenvalue weighted by atomic mass is 10.2. The fraction of sp³-hybridized carbons (Fsp3) is 0.188. The third kappa shape index (κ3) is 4.66. The molecule has 6 heteroatoms. The summed E-state index contributed by atoms with van der Waals surface area (Å²) >= 11 is 3.41. The summed E-state index contributed by atoms with van der Waals surface area (Å²) in [5.74, 6) is 2.18. The number of hydrogen-bond acceptors (Lipinski definition) is 5. The van der Waals surface area contributed by atoms with Crippen molar-refractivity contribution in [2.24, 2.45) is 5.16 Å². The third-order valence-electron chi connectivity index (χ3n) is 2.81. The molecule has 2 rings (SSSR count). The summed E-state index contributed by atoms with van der Waals surface area (Å²) in [4.78, 5) is 0. The van der Waals surface area contributed by atoms with Crippen LogP contribution in [0.3, 0.4) is 0 Å². The summed E-state index contributed by atoms with van der Waals surface area (Å²) in [6, 6.07) is 12.8. The number of halogens is 1. The van der Waals surface area contributed by atoms with Gasteiger partial charge in [0, 0.05) is 6.07 Å². The van der Waals surface area contributed by atoms with Crippen LogP contribution in [-0.2, 0) is 0 Å². The van der Waals surface area contributed by atoms with Gasteiger partial charge in [0.25, 0.3) is 0 Å². The van der Waals surface area contributed by atoms with Gasteiger partial charge >= 0.3 is 0 Å². The molecule has 5 nitrogen and oxygen atoms in total. The van der Waals surface area contributed by atoms with Gasteiger partial charge in [0.15, 0.2) is 0 Å². The molecule has 0 heterocycles. The van der Waals surface area contributed by atoms with E-state index in [1.807, 2.05) is 24.3 Å². The molecule has 116 valence electrons. The first-order valence-corrected chi connectivity index (χ1v) is 7.39. The predicted octanol–water partition coefficient (Wildman–Crippen LogP) is 3.72. The number of rotatable bonds is 7. The Labute approximate surface area is 137 Å². The molecule has 0 aliphatic heterocycles. The predicted molar refractivity (Wildman–Crippen MR) is 87.5 cm³/mol. The number of methoxy groups -OCH3 is 1. The van der Waals surface area contributed by atoms with Gasteiger partial charge in [-0.05, 0) is 51.8 Å². The van der Waals surface area contributed by atoms with E-state index in [4.69, 9.17) is 19.4 Å². The van der Waals surface area contributed by atoms with Gasteiger partial charge in [-0.3, -0.25) is 0 Å². The van der Waals surface area contributed by atoms with Gasteiger partial charge < -0.3 is 19.4 Å². The minimum atomic E-state index is 0.406. The maximum absolute atomic E-state index is 8.50. The van der Waals surface area contributed by atoms with E-state index in [-0.39, 0.29) is 0 Å². The second-order valence-corrected chi connectivity index (χ2v) is 5.16. The van der Waals surface area contributed by atoms with E-state index >= 15 is 0 Å². The highest BCUT2D eigenvalue weighted by Gasteiger charge is 2.03. The summed E-state index contributed by atoms with van der Waals surface area (Å²) in [7, 11) is 1.62. The molecule has 1 N–H and O–H groups in total. The van der Waals surface area contributed by atoms with E-state index in [0.717, 1.165) is 21.5 Å². The van der Waals surface area contributed by atoms with E-state index in [9.17, 15) is 0 Å². The molecule has 0 aliphatic carbocycles. The summed E-state index contributed by atoms with van der Waals surface area (Å²) < 4.78 is 17.2. The maximum Gasteiger partial charge on any atom is 0.133 e. The smallest absolute Gasteiger partial charge is 0.133 e. The largest absolute Gasteiger partial charge is 0.497 e. The van der Waals surface area contributed by atoms with Crippen LogP contribution in [0.5, 0.6) is 17.2 Å². The summed E-state index contributed by atoms with van der Waals surface area (Å²) in [6.07, 6.45) is 1.35. The number of oxime groups is 1. The lowest BCUT2D eigenvalue weighted by Crippen LogP contribution is -2.09. The lowest BCUT2D eigenvalue weighted by Gasteiger charge is -2.10. The van der Waals surface area contributed by atoms with Crippen LogP contribution in [0.15, 0.2) is 52.1 Å². The fourth-order valence-electron chi connectivity index (χ4n) is 1.78. The summed E-state index contributed by atoms with van der Waals surface area (Å²) in [5, 5.41) is 11.5. The zero-order chi connectivity index (χ0) is 15.8. The van der Waals surface area contributed by atoms with Crippen LogP contribution in [0, 0.1) is 0 Å². The fourth-order valence-corrected chi connectivity index (χ4v) is 2.29. The highest BCUT2D eigenvalue weighted by Crippen LogP contribution is 2.25. The molecular weight excluding hydrogens is 350 g/mol. The topological polar surface area (TPSA) is 60.3 Å². The zero-order valence-electron chi connectivity index (χ0n) is 12.0. The monoisotopic (exact) mass is 365 g/mol. The number of ether oxygens (including phenoxy) is 3. The molecule has 22 heavy (non-hydrogen) atoms. The van der Waals surface area contributed by atoms with Crippen LogP contribution >= 0.6 is 15.9 Å². The Bertz CT molecular complexity index is 646. The van der Waals surface area contributed by atoms with Crippen LogP contribution in [0.25, 0.3) is 0 Å². The normalized spacial score (nSPS) is 10.6. The summed E-state index contributed by atoms with van der Waals surface area (Å²) in [6.45, 7) is 0.822. The molecule has 0 amide bonds. The Kier molecular flexibility index (Phi) is 6.09. The van der Waals surface area contributed by atoms with E-state index in [1.54, 1.807) is 25.3 Å². The number of benzene rings is 2. The quantitative estimate of drug-likeness (QED) is 0.351. The highest BCUT2D eigenvalue weighted by atomic mass is 79.9. The average molecular weight is 366 g/mol. The molecule has 0 saturated carbocycles. The van der Waals surface area contributed by atoms with Gasteiger partial charge in [0.2, 0.25) is 0 Å². The van der Waals surface area contributed by atoms with Crippen molar-refractivity contribution >= 4 is 22.1 Å². The molecule has 0 atom stereocenters. The first kappa shape index (κ1) is 16.2. The van der Waals surface area contributed by atoms with Gasteiger partial charge in [0.1, 0.15) is 30.5 Å². The molecule has 0 aromatic heterocycles. The Balaban J connectivity index is 1.83. The van der Waals surface area contributed by atoms with E-state index in [0.29, 0.717) is 19.0 Å². The molecule has 2 aromatic rings. The van der Waals surface area contributed by atoms with Gasteiger partial charge in [-0.15, -0.1) is 0 Å². The summed E-state index contributed by atoms with van der Waals surface area (Å²) in [5.41, 5.74) is 0.773. The van der Waals surface area contributed by atoms with E-state index in [1.165, 1.54) is 6.21 Å². The SMILES string of the molecule is COc1cccc(OCCOc2ccc(C=NO)cc2Br)c1. The van der Waals surface area contributed by atoms with Crippen LogP contribution in [-0.4, -0.2) is 31.7 Å². The Morgan fingerprint density at radius 3 is 2.59 bits per heavy atom. The van der Waals surface area contributed by atoms with Crippen molar-refractivity contribution in [1.29, 1.82) is 0 Å². The lowest BCUT2D eigenvalue weighted by molar-refractivity contribution is 0.216. The average Bonchev–Trinajstić information content (AvgIpc) is 2.54. The third-order valence-corrected chi connectivity index (χ3v) is 3.43. The molecule has 0 unspecified atom stereocenters. The second kappa shape index (κ2) is 8.29. The second-order valence-electron chi connectivity index (χ2n) is 4.31. The minimum Gasteiger partial charge on any atom is -0.497 e. The molecule has 2 aromatic carbocycles. The Morgan fingerprint density at radius 1 is 1.09 bits per heavy atom. The molecule has 0 fully saturated rings. The molecule has 0 spiro atoms. The van der Waals surface area contributed by atoms with Gasteiger partial charge in [-0.1, -0.05) is 11.2 Å². The molecule has 0 aliphatic rings. The van der Waals surface area contributed by atoms with Crippen LogP contribution < -0.4 is 14.2 Å². The standard InChI is InChI=1S/C16H16BrNO4/c1-20-13-3-2-4-14(10-13)21-7-8-22-16-6-5-12(11-18-19)9-15(16)17/h2-6,9-11,19H,7-8H2,1H3. The molecule has 0 bridgehead atoms. The zero-order valence-corrected chi connectivity index (χ0v) is 13.6. The van der Waals surface area contributed by atoms with Gasteiger partial charge in [-0.25, -0.2) is 0 Å². The van der Waals surface area contributed by atoms with E-state index in [2.05, 4.69) is 21.1 Å². The molecule has 0 radical (unpaired) electrons. The number of hydrogen-bond donors (Lipinski definition) is 1. The minimum absolute atomic E-state index is 0.406. The van der Waals surface area contributed by atoms with Crippen LogP contribution in [0.4, 0.5) is 0 Å². The van der Waals surface area contributed by atoms with Gasteiger partial charge in [0.05, 0.1) is 17.8 Å². The molecular formula is C16H16BrNO4. The highest BCUT2D eigenvalue weighted by molar-refractivity contribution is 9.10. The van der Waals surface area contributed by atoms with Crippen molar-refractivity contribution in [3.05, 3.63) is 52.5 Å². The first-order valence-electron chi connectivity index (χ1n) is 6.59. The Morgan fingerprint density at radius 2 is 1.86 bits per heavy atom. The van der Waals surface area contributed by atoms with Crippen molar-refractivity contribution in [2.75, 3.05) is 20.3 Å². The molecule has 0 saturated heterocycles. The van der Waals surface area contributed by atoms with Crippen LogP contribution in [0.1, 0.15) is 5.56 Å². The van der Waals surface area contributed by atoms with Crippen molar-refractivity contribution in [3.8, 4) is 17.2 Å². The van der Waals surface area contributed by atoms with Gasteiger partial charge in [-0.2, -0.15) is 0 Å². The van der Waals surface area contributed by atoms with Crippen LogP contribution in [0.2, 0.25) is 0 Å². The van der Waals surface area contributed by atoms with Crippen molar-refractivity contribution in [3.63, 3.8) is 0 Å². The Hall–Kier alpha value is -2.21. The van der Waals surface area contributed by atoms with Crippen molar-refractivity contribution in [2.45, 2.75) is 0 Å². The number of nitrogens with zero attached hydrogens (tertiary/aromatic N) is 1. The van der Waals surface area contributed by atoms with Crippen molar-refractivity contribution in [1.82, 2.24) is 0 Å².